The molecule has 0 aromatic carbocycles. The monoisotopic (exact) mass is 188 g/mol. The van der Waals surface area contributed by atoms with Gasteiger partial charge in [-0.3, -0.25) is 4.98 Å². The Bertz CT molecular complexity index is 433. The van der Waals surface area contributed by atoms with Crippen LogP contribution in [-0.4, -0.2) is 15.0 Å². The van der Waals surface area contributed by atoms with Crippen molar-refractivity contribution in [3.05, 3.63) is 35.8 Å². The first kappa shape index (κ1) is 8.90. The molecule has 0 spiro atoms. The van der Waals surface area contributed by atoms with Crippen molar-refractivity contribution in [3.8, 4) is 11.5 Å². The van der Waals surface area contributed by atoms with Gasteiger partial charge in [0, 0.05) is 24.6 Å². The Morgan fingerprint density at radius 3 is 2.93 bits per heavy atom. The maximum atomic E-state index is 5.49. The van der Waals surface area contributed by atoms with E-state index in [0.717, 1.165) is 22.8 Å². The number of aryl methyl sites for hydroxylation is 1. The van der Waals surface area contributed by atoms with Crippen molar-refractivity contribution >= 4 is 0 Å². The second-order valence-electron chi connectivity index (χ2n) is 3.13. The highest BCUT2D eigenvalue weighted by Crippen LogP contribution is 2.16. The lowest BCUT2D eigenvalue weighted by Gasteiger charge is -1.99. The number of imidazole rings is 1. The summed E-state index contributed by atoms with van der Waals surface area (Å²) in [6.45, 7) is 2.48. The normalized spacial score (nSPS) is 10.4. The van der Waals surface area contributed by atoms with Crippen molar-refractivity contribution in [1.29, 1.82) is 0 Å². The first-order chi connectivity index (χ1) is 6.81. The van der Waals surface area contributed by atoms with Gasteiger partial charge >= 0.3 is 0 Å². The van der Waals surface area contributed by atoms with E-state index in [1.54, 1.807) is 12.4 Å². The Morgan fingerprint density at radius 2 is 2.29 bits per heavy atom. The average Bonchev–Trinajstić information content (AvgIpc) is 2.67. The number of hydrogen-bond donors (Lipinski definition) is 2. The summed E-state index contributed by atoms with van der Waals surface area (Å²) in [6, 6.07) is 3.92. The molecule has 2 aromatic heterocycles. The van der Waals surface area contributed by atoms with Crippen LogP contribution < -0.4 is 5.73 Å². The molecule has 0 aliphatic heterocycles. The predicted molar refractivity (Wildman–Crippen MR) is 54.4 cm³/mol. The lowest BCUT2D eigenvalue weighted by Crippen LogP contribution is -1.96. The second-order valence-corrected chi connectivity index (χ2v) is 3.13. The predicted octanol–water partition coefficient (Wildman–Crippen LogP) is 1.24. The fourth-order valence-electron chi connectivity index (χ4n) is 1.32. The van der Waals surface area contributed by atoms with E-state index in [1.165, 1.54) is 0 Å². The van der Waals surface area contributed by atoms with Crippen molar-refractivity contribution in [3.63, 3.8) is 0 Å². The van der Waals surface area contributed by atoms with E-state index in [0.29, 0.717) is 6.54 Å². The maximum Gasteiger partial charge on any atom is 0.156 e. The van der Waals surface area contributed by atoms with Crippen LogP contribution >= 0.6 is 0 Å². The number of hydrogen-bond acceptors (Lipinski definition) is 3. The zero-order chi connectivity index (χ0) is 9.97. The third-order valence-electron chi connectivity index (χ3n) is 2.08. The quantitative estimate of drug-likeness (QED) is 0.745. The standard InChI is InChI=1S/C10H12N4/c1-7-3-2-4-12-9(7)10-13-6-8(5-11)14-10/h2-4,6H,5,11H2,1H3,(H,13,14). The van der Waals surface area contributed by atoms with E-state index < -0.39 is 0 Å². The van der Waals surface area contributed by atoms with Gasteiger partial charge in [0.15, 0.2) is 5.82 Å². The fourth-order valence-corrected chi connectivity index (χ4v) is 1.32. The highest BCUT2D eigenvalue weighted by molar-refractivity contribution is 5.54. The van der Waals surface area contributed by atoms with Crippen molar-refractivity contribution in [2.45, 2.75) is 13.5 Å². The molecule has 72 valence electrons. The van der Waals surface area contributed by atoms with Crippen molar-refractivity contribution in [2.24, 2.45) is 5.73 Å². The summed E-state index contributed by atoms with van der Waals surface area (Å²) >= 11 is 0. The number of aromatic nitrogens is 3. The van der Waals surface area contributed by atoms with Crippen LogP contribution in [0.3, 0.4) is 0 Å². The molecule has 0 aliphatic carbocycles. The van der Waals surface area contributed by atoms with Crippen molar-refractivity contribution in [2.75, 3.05) is 0 Å². The Morgan fingerprint density at radius 1 is 1.43 bits per heavy atom. The molecule has 4 heteroatoms. The molecular formula is C10H12N4. The smallest absolute Gasteiger partial charge is 0.156 e. The third-order valence-corrected chi connectivity index (χ3v) is 2.08. The maximum absolute atomic E-state index is 5.49. The summed E-state index contributed by atoms with van der Waals surface area (Å²) in [5, 5.41) is 0. The van der Waals surface area contributed by atoms with Crippen LogP contribution in [0.5, 0.6) is 0 Å². The van der Waals surface area contributed by atoms with Gasteiger partial charge in [-0.25, -0.2) is 4.98 Å². The first-order valence-corrected chi connectivity index (χ1v) is 4.47. The molecule has 0 saturated carbocycles. The SMILES string of the molecule is Cc1cccnc1-c1ncc(CN)[nH]1. The zero-order valence-corrected chi connectivity index (χ0v) is 7.99. The van der Waals surface area contributed by atoms with E-state index in [-0.39, 0.29) is 0 Å². The van der Waals surface area contributed by atoms with E-state index in [4.69, 9.17) is 5.73 Å². The van der Waals surface area contributed by atoms with E-state index in [2.05, 4.69) is 15.0 Å². The van der Waals surface area contributed by atoms with Gasteiger partial charge < -0.3 is 10.7 Å². The molecular weight excluding hydrogens is 176 g/mol. The van der Waals surface area contributed by atoms with Crippen LogP contribution in [-0.2, 0) is 6.54 Å². The van der Waals surface area contributed by atoms with Crippen LogP contribution in [0.15, 0.2) is 24.5 Å². The molecule has 4 nitrogen and oxygen atoms in total. The number of pyridine rings is 1. The van der Waals surface area contributed by atoms with Gasteiger partial charge in [0.2, 0.25) is 0 Å². The van der Waals surface area contributed by atoms with Crippen LogP contribution in [0.2, 0.25) is 0 Å². The number of H-pyrrole nitrogens is 1. The summed E-state index contributed by atoms with van der Waals surface area (Å²) in [5.74, 6) is 0.781. The first-order valence-electron chi connectivity index (χ1n) is 4.47. The lowest BCUT2D eigenvalue weighted by molar-refractivity contribution is 1.01. The number of aromatic amines is 1. The van der Waals surface area contributed by atoms with E-state index in [9.17, 15) is 0 Å². The molecule has 0 unspecified atom stereocenters. The summed E-state index contributed by atoms with van der Waals surface area (Å²) in [5.41, 5.74) is 8.39. The molecule has 0 atom stereocenters. The van der Waals surface area contributed by atoms with Gasteiger partial charge in [0.1, 0.15) is 5.69 Å². The van der Waals surface area contributed by atoms with Crippen LogP contribution in [0.4, 0.5) is 0 Å². The molecule has 0 saturated heterocycles. The molecule has 2 rings (SSSR count). The Kier molecular flexibility index (Phi) is 2.28. The second kappa shape index (κ2) is 3.59. The highest BCUT2D eigenvalue weighted by Gasteiger charge is 2.05. The minimum Gasteiger partial charge on any atom is -0.339 e. The molecule has 0 fully saturated rings. The largest absolute Gasteiger partial charge is 0.339 e. The van der Waals surface area contributed by atoms with Gasteiger partial charge in [0.25, 0.3) is 0 Å². The number of rotatable bonds is 2. The summed E-state index contributed by atoms with van der Waals surface area (Å²) in [7, 11) is 0. The summed E-state index contributed by atoms with van der Waals surface area (Å²) < 4.78 is 0. The molecule has 3 N–H and O–H groups in total. The fraction of sp³-hybridized carbons (Fsp3) is 0.200. The van der Waals surface area contributed by atoms with E-state index >= 15 is 0 Å². The number of nitrogens with one attached hydrogen (secondary N) is 1. The van der Waals surface area contributed by atoms with Gasteiger partial charge in [-0.05, 0) is 18.6 Å². The summed E-state index contributed by atoms with van der Waals surface area (Å²) in [6.07, 6.45) is 3.50. The number of nitrogens with two attached hydrogens (primary N) is 1. The molecule has 14 heavy (non-hydrogen) atoms. The highest BCUT2D eigenvalue weighted by atomic mass is 15.0. The van der Waals surface area contributed by atoms with Crippen LogP contribution in [0.25, 0.3) is 11.5 Å². The van der Waals surface area contributed by atoms with Gasteiger partial charge in [-0.15, -0.1) is 0 Å². The number of nitrogens with zero attached hydrogens (tertiary/aromatic N) is 2. The average molecular weight is 188 g/mol. The zero-order valence-electron chi connectivity index (χ0n) is 7.99. The molecule has 0 bridgehead atoms. The van der Waals surface area contributed by atoms with Gasteiger partial charge in [-0.1, -0.05) is 6.07 Å². The summed E-state index contributed by atoms with van der Waals surface area (Å²) in [4.78, 5) is 11.6. The Labute approximate surface area is 82.2 Å². The Balaban J connectivity index is 2.44. The molecule has 0 amide bonds. The molecule has 2 heterocycles. The molecule has 0 radical (unpaired) electrons. The molecule has 2 aromatic rings. The lowest BCUT2D eigenvalue weighted by atomic mass is 10.2. The minimum atomic E-state index is 0.471. The van der Waals surface area contributed by atoms with Crippen LogP contribution in [0.1, 0.15) is 11.3 Å². The van der Waals surface area contributed by atoms with Crippen molar-refractivity contribution in [1.82, 2.24) is 15.0 Å². The topological polar surface area (TPSA) is 67.6 Å². The van der Waals surface area contributed by atoms with Gasteiger partial charge in [-0.2, -0.15) is 0 Å². The van der Waals surface area contributed by atoms with Crippen molar-refractivity contribution < 1.29 is 0 Å². The van der Waals surface area contributed by atoms with Gasteiger partial charge in [0.05, 0.1) is 0 Å². The Hall–Kier alpha value is -1.68. The minimum absolute atomic E-state index is 0.471. The third kappa shape index (κ3) is 1.52. The molecule has 0 aliphatic rings. The van der Waals surface area contributed by atoms with E-state index in [1.807, 2.05) is 19.1 Å². The van der Waals surface area contributed by atoms with Crippen LogP contribution in [0, 0.1) is 6.92 Å².